The quantitative estimate of drug-likeness (QED) is 0.148. The minimum Gasteiger partial charge on any atom is -0.310 e. The van der Waals surface area contributed by atoms with Gasteiger partial charge in [-0.3, -0.25) is 0 Å². The minimum atomic E-state index is 1.10. The van der Waals surface area contributed by atoms with Gasteiger partial charge in [0.2, 0.25) is 0 Å². The molecule has 0 bridgehead atoms. The fourth-order valence-electron chi connectivity index (χ4n) is 11.2. The van der Waals surface area contributed by atoms with Gasteiger partial charge in [-0.1, -0.05) is 170 Å². The SMILES string of the molecule is c1ccc(N(c2ccc(-c3cc(-c4ccc5c(c4)c4ccccc4n5-c4ccccc4)cc(-c4ccc5c(c4)c4ccc6ccccc6c4n5-c4ccccc4)c3)cc2)c2cccc3ccccc23)cc1. The highest BCUT2D eigenvalue weighted by atomic mass is 15.1. The first-order valence-corrected chi connectivity index (χ1v) is 24.4. The number of hydrogen-bond donors (Lipinski definition) is 0. The van der Waals surface area contributed by atoms with Crippen LogP contribution in [0, 0.1) is 0 Å². The molecule has 2 aromatic heterocycles. The molecule has 0 saturated heterocycles. The molecule has 14 aromatic rings. The zero-order valence-corrected chi connectivity index (χ0v) is 38.8. The number of hydrogen-bond acceptors (Lipinski definition) is 1. The molecule has 0 amide bonds. The predicted octanol–water partition coefficient (Wildman–Crippen LogP) is 18.7. The van der Waals surface area contributed by atoms with Crippen LogP contribution in [0.4, 0.5) is 17.1 Å². The van der Waals surface area contributed by atoms with E-state index in [-0.39, 0.29) is 0 Å². The van der Waals surface area contributed by atoms with E-state index in [0.717, 1.165) is 39.6 Å². The monoisotopic (exact) mass is 903 g/mol. The number of nitrogens with zero attached hydrogens (tertiary/aromatic N) is 3. The number of para-hydroxylation sites is 4. The second-order valence-electron chi connectivity index (χ2n) is 18.5. The van der Waals surface area contributed by atoms with Gasteiger partial charge in [0.15, 0.2) is 0 Å². The molecule has 0 radical (unpaired) electrons. The van der Waals surface area contributed by atoms with Crippen LogP contribution in [0.1, 0.15) is 0 Å². The molecule has 0 atom stereocenters. The van der Waals surface area contributed by atoms with Crippen LogP contribution in [0.25, 0.3) is 110 Å². The van der Waals surface area contributed by atoms with Gasteiger partial charge >= 0.3 is 0 Å². The van der Waals surface area contributed by atoms with Gasteiger partial charge < -0.3 is 14.0 Å². The molecule has 0 aliphatic heterocycles. The van der Waals surface area contributed by atoms with Crippen LogP contribution in [-0.4, -0.2) is 9.13 Å². The van der Waals surface area contributed by atoms with Crippen molar-refractivity contribution in [2.24, 2.45) is 0 Å². The third-order valence-corrected chi connectivity index (χ3v) is 14.4. The maximum absolute atomic E-state index is 2.44. The zero-order chi connectivity index (χ0) is 46.8. The Morgan fingerprint density at radius 2 is 0.704 bits per heavy atom. The highest BCUT2D eigenvalue weighted by molar-refractivity contribution is 6.19. The van der Waals surface area contributed by atoms with E-state index in [0.29, 0.717) is 0 Å². The Hall–Kier alpha value is -9.44. The van der Waals surface area contributed by atoms with Crippen molar-refractivity contribution in [3.05, 3.63) is 273 Å². The third kappa shape index (κ3) is 6.82. The van der Waals surface area contributed by atoms with Gasteiger partial charge in [0, 0.05) is 55.1 Å². The van der Waals surface area contributed by atoms with Gasteiger partial charge in [-0.25, -0.2) is 0 Å². The van der Waals surface area contributed by atoms with Crippen LogP contribution in [-0.2, 0) is 0 Å². The van der Waals surface area contributed by atoms with Gasteiger partial charge in [0.1, 0.15) is 0 Å². The van der Waals surface area contributed by atoms with E-state index in [4.69, 9.17) is 0 Å². The Morgan fingerprint density at radius 3 is 1.38 bits per heavy atom. The standard InChI is InChI=1S/C68H45N3/c1-4-20-54(21-5-1)69(64-30-16-19-47-17-10-12-26-58(47)64)57-36-31-46(32-37-57)51-41-52(49-34-39-66-62(44-49)60-28-14-15-29-65(60)70(66)55-22-6-2-7-23-55)43-53(42-51)50-35-40-67-63(45-50)61-38-33-48-18-11-13-27-59(48)68(61)71(67)56-24-8-3-9-25-56/h1-45H. The van der Waals surface area contributed by atoms with Crippen LogP contribution in [0.15, 0.2) is 273 Å². The Balaban J connectivity index is 0.963. The van der Waals surface area contributed by atoms with Crippen LogP contribution in [0.3, 0.4) is 0 Å². The van der Waals surface area contributed by atoms with Gasteiger partial charge in [-0.2, -0.15) is 0 Å². The highest BCUT2D eigenvalue weighted by Crippen LogP contribution is 2.43. The van der Waals surface area contributed by atoms with E-state index in [2.05, 4.69) is 287 Å². The normalized spacial score (nSPS) is 11.7. The highest BCUT2D eigenvalue weighted by Gasteiger charge is 2.20. The molecule has 0 aliphatic carbocycles. The van der Waals surface area contributed by atoms with Crippen molar-refractivity contribution in [1.82, 2.24) is 9.13 Å². The van der Waals surface area contributed by atoms with E-state index in [1.165, 1.54) is 87.4 Å². The molecule has 0 aliphatic rings. The van der Waals surface area contributed by atoms with Crippen LogP contribution < -0.4 is 4.90 Å². The fourth-order valence-corrected chi connectivity index (χ4v) is 11.2. The number of aromatic nitrogens is 2. The van der Waals surface area contributed by atoms with Crippen molar-refractivity contribution in [1.29, 1.82) is 0 Å². The lowest BCUT2D eigenvalue weighted by molar-refractivity contribution is 1.18. The summed E-state index contributed by atoms with van der Waals surface area (Å²) in [6.45, 7) is 0. The van der Waals surface area contributed by atoms with Crippen molar-refractivity contribution in [3.63, 3.8) is 0 Å². The van der Waals surface area contributed by atoms with Crippen molar-refractivity contribution < 1.29 is 0 Å². The first-order chi connectivity index (χ1) is 35.2. The Morgan fingerprint density at radius 1 is 0.239 bits per heavy atom. The van der Waals surface area contributed by atoms with Crippen LogP contribution >= 0.6 is 0 Å². The summed E-state index contributed by atoms with van der Waals surface area (Å²) in [5, 5.41) is 9.84. The van der Waals surface area contributed by atoms with Crippen molar-refractivity contribution in [2.75, 3.05) is 4.90 Å². The first kappa shape index (κ1) is 40.6. The zero-order valence-electron chi connectivity index (χ0n) is 38.8. The smallest absolute Gasteiger partial charge is 0.0619 e. The van der Waals surface area contributed by atoms with E-state index in [9.17, 15) is 0 Å². The van der Waals surface area contributed by atoms with Crippen LogP contribution in [0.2, 0.25) is 0 Å². The Labute approximate surface area is 412 Å². The Bertz CT molecular complexity index is 4310. The lowest BCUT2D eigenvalue weighted by atomic mass is 9.92. The van der Waals surface area contributed by atoms with Crippen molar-refractivity contribution in [3.8, 4) is 44.8 Å². The third-order valence-electron chi connectivity index (χ3n) is 14.4. The van der Waals surface area contributed by atoms with E-state index >= 15 is 0 Å². The number of fused-ring (bicyclic) bond motifs is 9. The number of rotatable bonds is 8. The van der Waals surface area contributed by atoms with E-state index < -0.39 is 0 Å². The predicted molar refractivity (Wildman–Crippen MR) is 301 cm³/mol. The molecule has 14 rings (SSSR count). The molecule has 0 N–H and O–H groups in total. The largest absolute Gasteiger partial charge is 0.310 e. The molecular formula is C68H45N3. The maximum Gasteiger partial charge on any atom is 0.0619 e. The molecule has 3 heteroatoms. The second kappa shape index (κ2) is 16.7. The second-order valence-corrected chi connectivity index (χ2v) is 18.5. The molecular weight excluding hydrogens is 859 g/mol. The summed E-state index contributed by atoms with van der Waals surface area (Å²) in [7, 11) is 0. The summed E-state index contributed by atoms with van der Waals surface area (Å²) in [6.07, 6.45) is 0. The summed E-state index contributed by atoms with van der Waals surface area (Å²) >= 11 is 0. The molecule has 12 aromatic carbocycles. The topological polar surface area (TPSA) is 13.1 Å². The van der Waals surface area contributed by atoms with Gasteiger partial charge in [0.05, 0.1) is 27.8 Å². The molecule has 3 nitrogen and oxygen atoms in total. The summed E-state index contributed by atoms with van der Waals surface area (Å²) in [5.74, 6) is 0. The lowest BCUT2D eigenvalue weighted by Gasteiger charge is -2.27. The average molecular weight is 904 g/mol. The minimum absolute atomic E-state index is 1.10. The van der Waals surface area contributed by atoms with Gasteiger partial charge in [0.25, 0.3) is 0 Å². The summed E-state index contributed by atoms with van der Waals surface area (Å²) in [4.78, 5) is 2.37. The summed E-state index contributed by atoms with van der Waals surface area (Å²) in [6, 6.07) is 99.8. The fraction of sp³-hybridized carbons (Fsp3) is 0. The molecule has 332 valence electrons. The van der Waals surface area contributed by atoms with Gasteiger partial charge in [-0.15, -0.1) is 0 Å². The van der Waals surface area contributed by atoms with E-state index in [1.807, 2.05) is 0 Å². The Kier molecular flexibility index (Phi) is 9.53. The number of anilines is 3. The lowest BCUT2D eigenvalue weighted by Crippen LogP contribution is -2.10. The molecule has 0 spiro atoms. The number of benzene rings is 12. The van der Waals surface area contributed by atoms with Crippen molar-refractivity contribution >= 4 is 82.2 Å². The molecule has 2 heterocycles. The average Bonchev–Trinajstić information content (AvgIpc) is 3.97. The molecule has 0 saturated carbocycles. The molecule has 71 heavy (non-hydrogen) atoms. The van der Waals surface area contributed by atoms with Crippen molar-refractivity contribution in [2.45, 2.75) is 0 Å². The maximum atomic E-state index is 2.44. The molecule has 0 fully saturated rings. The summed E-state index contributed by atoms with van der Waals surface area (Å²) < 4.78 is 4.83. The van der Waals surface area contributed by atoms with E-state index in [1.54, 1.807) is 0 Å². The van der Waals surface area contributed by atoms with Gasteiger partial charge in [-0.05, 0) is 147 Å². The molecule has 0 unspecified atom stereocenters. The summed E-state index contributed by atoms with van der Waals surface area (Å²) in [5.41, 5.74) is 17.5. The van der Waals surface area contributed by atoms with Crippen LogP contribution in [0.5, 0.6) is 0 Å². The first-order valence-electron chi connectivity index (χ1n) is 24.4.